The number of terminal acetylenes is 1. The fraction of sp³-hybridized carbons (Fsp3) is 0.636. The number of carboxylic acid groups (broad SMARTS) is 1. The van der Waals surface area contributed by atoms with Crippen molar-refractivity contribution in [1.29, 1.82) is 0 Å². The van der Waals surface area contributed by atoms with Crippen LogP contribution in [0.15, 0.2) is 0 Å². The SMILES string of the molecule is C#CCNCC(=O)N1CCS(=O)(=O)CC1CC(=O)O. The number of rotatable bonds is 5. The Morgan fingerprint density at radius 1 is 1.47 bits per heavy atom. The molecule has 1 aliphatic heterocycles. The average molecular weight is 288 g/mol. The number of amides is 1. The lowest BCUT2D eigenvalue weighted by Crippen LogP contribution is -2.54. The highest BCUT2D eigenvalue weighted by atomic mass is 32.2. The first-order valence-electron chi connectivity index (χ1n) is 5.71. The van der Waals surface area contributed by atoms with E-state index in [2.05, 4.69) is 11.2 Å². The zero-order valence-electron chi connectivity index (χ0n) is 10.3. The van der Waals surface area contributed by atoms with Gasteiger partial charge in [0.15, 0.2) is 9.84 Å². The summed E-state index contributed by atoms with van der Waals surface area (Å²) in [6.45, 7) is 0.221. The number of nitrogens with zero attached hydrogens (tertiary/aromatic N) is 1. The van der Waals surface area contributed by atoms with E-state index in [-0.39, 0.29) is 43.5 Å². The van der Waals surface area contributed by atoms with Crippen LogP contribution >= 0.6 is 0 Å². The van der Waals surface area contributed by atoms with Crippen LogP contribution in [0.1, 0.15) is 6.42 Å². The molecular weight excluding hydrogens is 272 g/mol. The van der Waals surface area contributed by atoms with Gasteiger partial charge in [-0.15, -0.1) is 6.42 Å². The van der Waals surface area contributed by atoms with E-state index in [9.17, 15) is 18.0 Å². The number of sulfone groups is 1. The van der Waals surface area contributed by atoms with Crippen LogP contribution in [0.3, 0.4) is 0 Å². The number of nitrogens with one attached hydrogen (secondary N) is 1. The van der Waals surface area contributed by atoms with Gasteiger partial charge in [-0.1, -0.05) is 5.92 Å². The van der Waals surface area contributed by atoms with E-state index >= 15 is 0 Å². The minimum Gasteiger partial charge on any atom is -0.481 e. The van der Waals surface area contributed by atoms with Crippen LogP contribution in [-0.4, -0.2) is 67.5 Å². The zero-order valence-corrected chi connectivity index (χ0v) is 11.1. The fourth-order valence-electron chi connectivity index (χ4n) is 1.93. The number of carbonyl (C=O) groups excluding carboxylic acids is 1. The lowest BCUT2D eigenvalue weighted by atomic mass is 10.2. The van der Waals surface area contributed by atoms with Gasteiger partial charge in [-0.05, 0) is 0 Å². The van der Waals surface area contributed by atoms with Crippen molar-refractivity contribution in [3.8, 4) is 12.3 Å². The highest BCUT2D eigenvalue weighted by Gasteiger charge is 2.34. The van der Waals surface area contributed by atoms with E-state index in [0.29, 0.717) is 0 Å². The molecule has 0 bridgehead atoms. The summed E-state index contributed by atoms with van der Waals surface area (Å²) in [6.07, 6.45) is 4.65. The molecule has 1 fully saturated rings. The first-order chi connectivity index (χ1) is 8.85. The second-order valence-corrected chi connectivity index (χ2v) is 6.49. The molecule has 0 spiro atoms. The first kappa shape index (κ1) is 15.5. The summed E-state index contributed by atoms with van der Waals surface area (Å²) in [6, 6.07) is -0.809. The quantitative estimate of drug-likeness (QED) is 0.462. The summed E-state index contributed by atoms with van der Waals surface area (Å²) in [5, 5.41) is 11.5. The van der Waals surface area contributed by atoms with Crippen LogP contribution in [-0.2, 0) is 19.4 Å². The minimum absolute atomic E-state index is 0.0246. The number of hydrogen-bond acceptors (Lipinski definition) is 5. The molecule has 7 nitrogen and oxygen atoms in total. The second-order valence-electron chi connectivity index (χ2n) is 4.26. The average Bonchev–Trinajstić information content (AvgIpc) is 2.27. The Balaban J connectivity index is 2.71. The van der Waals surface area contributed by atoms with Crippen LogP contribution in [0, 0.1) is 12.3 Å². The van der Waals surface area contributed by atoms with Gasteiger partial charge in [0.1, 0.15) is 0 Å². The van der Waals surface area contributed by atoms with Crippen LogP contribution in [0.4, 0.5) is 0 Å². The van der Waals surface area contributed by atoms with Crippen LogP contribution < -0.4 is 5.32 Å². The molecule has 0 radical (unpaired) electrons. The molecule has 1 rings (SSSR count). The molecule has 106 valence electrons. The van der Waals surface area contributed by atoms with Gasteiger partial charge >= 0.3 is 5.97 Å². The predicted molar refractivity (Wildman–Crippen MR) is 68.1 cm³/mol. The first-order valence-corrected chi connectivity index (χ1v) is 7.53. The van der Waals surface area contributed by atoms with Crippen LogP contribution in [0.5, 0.6) is 0 Å². The summed E-state index contributed by atoms with van der Waals surface area (Å²) < 4.78 is 23.0. The molecule has 8 heteroatoms. The highest BCUT2D eigenvalue weighted by molar-refractivity contribution is 7.91. The molecule has 1 heterocycles. The van der Waals surface area contributed by atoms with Gasteiger partial charge in [0.25, 0.3) is 0 Å². The molecule has 0 aromatic rings. The van der Waals surface area contributed by atoms with Crippen molar-refractivity contribution in [2.45, 2.75) is 12.5 Å². The molecule has 1 saturated heterocycles. The molecule has 1 unspecified atom stereocenters. The minimum atomic E-state index is -3.28. The Kier molecular flexibility index (Phi) is 5.32. The molecule has 19 heavy (non-hydrogen) atoms. The van der Waals surface area contributed by atoms with Crippen molar-refractivity contribution < 1.29 is 23.1 Å². The molecular formula is C11H16N2O5S. The number of carbonyl (C=O) groups is 2. The Morgan fingerprint density at radius 2 is 2.16 bits per heavy atom. The Hall–Kier alpha value is -1.59. The monoisotopic (exact) mass is 288 g/mol. The number of carboxylic acids is 1. The van der Waals surface area contributed by atoms with E-state index in [1.165, 1.54) is 4.90 Å². The largest absolute Gasteiger partial charge is 0.481 e. The standard InChI is InChI=1S/C11H16N2O5S/c1-2-3-12-7-10(14)13-4-5-19(17,18)8-9(13)6-11(15)16/h1,9,12H,3-8H2,(H,15,16). The predicted octanol–water partition coefficient (Wildman–Crippen LogP) is -1.69. The third-order valence-corrected chi connectivity index (χ3v) is 4.46. The van der Waals surface area contributed by atoms with Crippen LogP contribution in [0.25, 0.3) is 0 Å². The zero-order chi connectivity index (χ0) is 14.5. The van der Waals surface area contributed by atoms with Gasteiger partial charge in [-0.2, -0.15) is 0 Å². The lowest BCUT2D eigenvalue weighted by Gasteiger charge is -2.34. The summed E-state index contributed by atoms with van der Waals surface area (Å²) in [4.78, 5) is 23.9. The van der Waals surface area contributed by atoms with E-state index in [1.807, 2.05) is 0 Å². The van der Waals surface area contributed by atoms with Crippen LogP contribution in [0.2, 0.25) is 0 Å². The molecule has 0 aromatic carbocycles. The topological polar surface area (TPSA) is 104 Å². The molecule has 0 saturated carbocycles. The Bertz CT molecular complexity index is 494. The summed E-state index contributed by atoms with van der Waals surface area (Å²) in [5.41, 5.74) is 0. The van der Waals surface area contributed by atoms with Gasteiger partial charge in [0.05, 0.1) is 37.1 Å². The van der Waals surface area contributed by atoms with Crippen molar-refractivity contribution >= 4 is 21.7 Å². The van der Waals surface area contributed by atoms with Crippen molar-refractivity contribution in [2.24, 2.45) is 0 Å². The maximum atomic E-state index is 11.9. The highest BCUT2D eigenvalue weighted by Crippen LogP contribution is 2.15. The van der Waals surface area contributed by atoms with Gasteiger partial charge in [-0.3, -0.25) is 14.9 Å². The molecule has 1 aliphatic rings. The van der Waals surface area contributed by atoms with E-state index in [1.54, 1.807) is 0 Å². The van der Waals surface area contributed by atoms with Crippen molar-refractivity contribution in [1.82, 2.24) is 10.2 Å². The smallest absolute Gasteiger partial charge is 0.305 e. The molecule has 0 aliphatic carbocycles. The molecule has 0 aromatic heterocycles. The third-order valence-electron chi connectivity index (χ3n) is 2.76. The maximum absolute atomic E-state index is 11.9. The van der Waals surface area contributed by atoms with Gasteiger partial charge in [-0.25, -0.2) is 8.42 Å². The summed E-state index contributed by atoms with van der Waals surface area (Å²) in [5.74, 6) is 0.405. The van der Waals surface area contributed by atoms with Gasteiger partial charge in [0.2, 0.25) is 5.91 Å². The van der Waals surface area contributed by atoms with E-state index in [0.717, 1.165) is 0 Å². The lowest BCUT2D eigenvalue weighted by molar-refractivity contribution is -0.140. The number of aliphatic carboxylic acids is 1. The van der Waals surface area contributed by atoms with E-state index in [4.69, 9.17) is 11.5 Å². The fourth-order valence-corrected chi connectivity index (χ4v) is 3.45. The molecule has 1 amide bonds. The molecule has 2 N–H and O–H groups in total. The maximum Gasteiger partial charge on any atom is 0.305 e. The second kappa shape index (κ2) is 6.54. The third kappa shape index (κ3) is 4.89. The Labute approximate surface area is 111 Å². The summed E-state index contributed by atoms with van der Waals surface area (Å²) >= 11 is 0. The van der Waals surface area contributed by atoms with Crippen molar-refractivity contribution in [3.63, 3.8) is 0 Å². The Morgan fingerprint density at radius 3 is 2.74 bits per heavy atom. The van der Waals surface area contributed by atoms with Gasteiger partial charge in [0, 0.05) is 6.54 Å². The normalized spacial score (nSPS) is 21.6. The van der Waals surface area contributed by atoms with Crippen molar-refractivity contribution in [2.75, 3.05) is 31.1 Å². The van der Waals surface area contributed by atoms with Crippen molar-refractivity contribution in [3.05, 3.63) is 0 Å². The molecule has 1 atom stereocenters. The number of hydrogen-bond donors (Lipinski definition) is 2. The van der Waals surface area contributed by atoms with Gasteiger partial charge < -0.3 is 10.0 Å². The van der Waals surface area contributed by atoms with E-state index < -0.39 is 21.8 Å². The summed E-state index contributed by atoms with van der Waals surface area (Å²) in [7, 11) is -3.28.